The van der Waals surface area contributed by atoms with Gasteiger partial charge < -0.3 is 10.1 Å². The summed E-state index contributed by atoms with van der Waals surface area (Å²) in [7, 11) is 0. The van der Waals surface area contributed by atoms with Crippen LogP contribution in [0, 0.1) is 5.92 Å². The Kier molecular flexibility index (Phi) is 5.84. The minimum Gasteiger partial charge on any atom is -0.489 e. The summed E-state index contributed by atoms with van der Waals surface area (Å²) in [4.78, 5) is 4.37. The highest BCUT2D eigenvalue weighted by atomic mass is 16.5. The maximum atomic E-state index is 5.78. The molecule has 0 aromatic carbocycles. The molecule has 3 nitrogen and oxygen atoms in total. The van der Waals surface area contributed by atoms with Gasteiger partial charge >= 0.3 is 0 Å². The van der Waals surface area contributed by atoms with Gasteiger partial charge in [0.15, 0.2) is 0 Å². The van der Waals surface area contributed by atoms with E-state index in [0.29, 0.717) is 6.04 Å². The van der Waals surface area contributed by atoms with Crippen LogP contribution in [0.2, 0.25) is 0 Å². The van der Waals surface area contributed by atoms with Gasteiger partial charge in [-0.15, -0.1) is 0 Å². The highest BCUT2D eigenvalue weighted by Gasteiger charge is 2.24. The second kappa shape index (κ2) is 7.63. The Morgan fingerprint density at radius 1 is 1.25 bits per heavy atom. The first-order chi connectivity index (χ1) is 9.70. The lowest BCUT2D eigenvalue weighted by Crippen LogP contribution is -2.29. The van der Waals surface area contributed by atoms with Gasteiger partial charge in [0.25, 0.3) is 0 Å². The summed E-state index contributed by atoms with van der Waals surface area (Å²) < 4.78 is 5.78. The minimum absolute atomic E-state index is 0.194. The van der Waals surface area contributed by atoms with Crippen LogP contribution in [0.5, 0.6) is 5.75 Å². The van der Waals surface area contributed by atoms with Crippen molar-refractivity contribution in [3.63, 3.8) is 0 Å². The first-order valence-corrected chi connectivity index (χ1v) is 8.05. The fourth-order valence-corrected chi connectivity index (χ4v) is 3.19. The van der Waals surface area contributed by atoms with Crippen molar-refractivity contribution in [1.82, 2.24) is 10.3 Å². The first kappa shape index (κ1) is 15.3. The fraction of sp³-hybridized carbons (Fsp3) is 0.706. The number of hydrogen-bond acceptors (Lipinski definition) is 3. The number of rotatable bonds is 6. The Hall–Kier alpha value is -1.09. The molecule has 0 saturated heterocycles. The average molecular weight is 276 g/mol. The van der Waals surface area contributed by atoms with Crippen LogP contribution in [-0.2, 0) is 0 Å². The van der Waals surface area contributed by atoms with Crippen LogP contribution >= 0.6 is 0 Å². The summed E-state index contributed by atoms with van der Waals surface area (Å²) in [6.45, 7) is 7.28. The lowest BCUT2D eigenvalue weighted by molar-refractivity contribution is 0.239. The van der Waals surface area contributed by atoms with E-state index in [1.165, 1.54) is 37.7 Å². The maximum Gasteiger partial charge on any atom is 0.138 e. The molecule has 1 heterocycles. The van der Waals surface area contributed by atoms with Crippen molar-refractivity contribution in [2.24, 2.45) is 5.92 Å². The Balaban J connectivity index is 2.15. The van der Waals surface area contributed by atoms with Crippen LogP contribution in [0.1, 0.15) is 64.5 Å². The van der Waals surface area contributed by atoms with Crippen molar-refractivity contribution < 1.29 is 4.74 Å². The normalized spacial score (nSPS) is 18.2. The van der Waals surface area contributed by atoms with Crippen LogP contribution in [-0.4, -0.2) is 17.6 Å². The van der Waals surface area contributed by atoms with Gasteiger partial charge in [-0.05, 0) is 50.8 Å². The van der Waals surface area contributed by atoms with Crippen molar-refractivity contribution in [3.8, 4) is 5.75 Å². The summed E-state index contributed by atoms with van der Waals surface area (Å²) in [6, 6.07) is 2.58. The molecule has 0 spiro atoms. The molecule has 0 aliphatic heterocycles. The van der Waals surface area contributed by atoms with Gasteiger partial charge in [-0.1, -0.05) is 26.2 Å². The molecule has 0 radical (unpaired) electrons. The smallest absolute Gasteiger partial charge is 0.138 e. The van der Waals surface area contributed by atoms with Crippen molar-refractivity contribution >= 4 is 0 Å². The van der Waals surface area contributed by atoms with Gasteiger partial charge in [0.2, 0.25) is 0 Å². The van der Waals surface area contributed by atoms with E-state index in [0.717, 1.165) is 18.2 Å². The predicted octanol–water partition coefficient (Wildman–Crippen LogP) is 4.10. The second-order valence-electron chi connectivity index (χ2n) is 6.05. The van der Waals surface area contributed by atoms with E-state index in [2.05, 4.69) is 37.1 Å². The molecule has 1 aromatic rings. The maximum absolute atomic E-state index is 5.78. The summed E-state index contributed by atoms with van der Waals surface area (Å²) in [5, 5.41) is 3.65. The van der Waals surface area contributed by atoms with Crippen molar-refractivity contribution in [2.75, 3.05) is 6.54 Å². The molecule has 1 unspecified atom stereocenters. The minimum atomic E-state index is 0.194. The van der Waals surface area contributed by atoms with Gasteiger partial charge in [-0.25, -0.2) is 0 Å². The molecule has 1 saturated carbocycles. The van der Waals surface area contributed by atoms with Gasteiger partial charge in [-0.3, -0.25) is 4.98 Å². The van der Waals surface area contributed by atoms with Gasteiger partial charge in [0.05, 0.1) is 12.3 Å². The van der Waals surface area contributed by atoms with Crippen LogP contribution in [0.4, 0.5) is 0 Å². The SMILES string of the molecule is CCNC(c1cncc(OC(C)C)c1)C1CCCCC1. The number of nitrogens with zero attached hydrogens (tertiary/aromatic N) is 1. The van der Waals surface area contributed by atoms with Gasteiger partial charge in [-0.2, -0.15) is 0 Å². The molecule has 20 heavy (non-hydrogen) atoms. The third-order valence-electron chi connectivity index (χ3n) is 4.01. The fourth-order valence-electron chi connectivity index (χ4n) is 3.19. The lowest BCUT2D eigenvalue weighted by atomic mass is 9.81. The van der Waals surface area contributed by atoms with E-state index < -0.39 is 0 Å². The molecular weight excluding hydrogens is 248 g/mol. The van der Waals surface area contributed by atoms with E-state index in [4.69, 9.17) is 4.74 Å². The molecule has 1 N–H and O–H groups in total. The average Bonchev–Trinajstić information content (AvgIpc) is 2.45. The summed E-state index contributed by atoms with van der Waals surface area (Å²) in [6.07, 6.45) is 10.8. The second-order valence-corrected chi connectivity index (χ2v) is 6.05. The molecule has 0 amide bonds. The standard InChI is InChI=1S/C17H28N2O/c1-4-19-17(14-8-6-5-7-9-14)15-10-16(12-18-11-15)20-13(2)3/h10-14,17,19H,4-9H2,1-3H3. The van der Waals surface area contributed by atoms with E-state index in [1.807, 2.05) is 12.4 Å². The molecule has 0 bridgehead atoms. The zero-order valence-electron chi connectivity index (χ0n) is 13.1. The molecule has 3 heteroatoms. The van der Waals surface area contributed by atoms with Crippen molar-refractivity contribution in [2.45, 2.75) is 65.0 Å². The third kappa shape index (κ3) is 4.20. The zero-order valence-corrected chi connectivity index (χ0v) is 13.1. The van der Waals surface area contributed by atoms with E-state index >= 15 is 0 Å². The van der Waals surface area contributed by atoms with Gasteiger partial charge in [0.1, 0.15) is 5.75 Å². The predicted molar refractivity (Wildman–Crippen MR) is 83.0 cm³/mol. The molecule has 1 atom stereocenters. The Labute approximate surface area is 123 Å². The molecule has 1 aliphatic rings. The Bertz CT molecular complexity index is 400. The quantitative estimate of drug-likeness (QED) is 0.849. The largest absolute Gasteiger partial charge is 0.489 e. The van der Waals surface area contributed by atoms with Gasteiger partial charge in [0, 0.05) is 12.2 Å². The third-order valence-corrected chi connectivity index (χ3v) is 4.01. The summed E-state index contributed by atoms with van der Waals surface area (Å²) >= 11 is 0. The number of ether oxygens (including phenoxy) is 1. The zero-order chi connectivity index (χ0) is 14.4. The number of pyridine rings is 1. The van der Waals surface area contributed by atoms with Crippen molar-refractivity contribution in [3.05, 3.63) is 24.0 Å². The molecule has 1 aromatic heterocycles. The number of hydrogen-bond donors (Lipinski definition) is 1. The molecule has 112 valence electrons. The highest BCUT2D eigenvalue weighted by molar-refractivity contribution is 5.26. The number of nitrogens with one attached hydrogen (secondary N) is 1. The molecule has 1 fully saturated rings. The highest BCUT2D eigenvalue weighted by Crippen LogP contribution is 2.35. The number of aromatic nitrogens is 1. The van der Waals surface area contributed by atoms with Crippen LogP contribution in [0.3, 0.4) is 0 Å². The van der Waals surface area contributed by atoms with E-state index in [1.54, 1.807) is 0 Å². The molecule has 1 aliphatic carbocycles. The molecule has 2 rings (SSSR count). The topological polar surface area (TPSA) is 34.2 Å². The Morgan fingerprint density at radius 3 is 2.65 bits per heavy atom. The van der Waals surface area contributed by atoms with Crippen LogP contribution < -0.4 is 10.1 Å². The van der Waals surface area contributed by atoms with Crippen molar-refractivity contribution in [1.29, 1.82) is 0 Å². The van der Waals surface area contributed by atoms with E-state index in [-0.39, 0.29) is 6.10 Å². The summed E-state index contributed by atoms with van der Waals surface area (Å²) in [5.74, 6) is 1.62. The summed E-state index contributed by atoms with van der Waals surface area (Å²) in [5.41, 5.74) is 1.27. The van der Waals surface area contributed by atoms with Crippen LogP contribution in [0.25, 0.3) is 0 Å². The molecular formula is C17H28N2O. The lowest BCUT2D eigenvalue weighted by Gasteiger charge is -2.31. The van der Waals surface area contributed by atoms with Crippen LogP contribution in [0.15, 0.2) is 18.5 Å². The Morgan fingerprint density at radius 2 is 2.00 bits per heavy atom. The first-order valence-electron chi connectivity index (χ1n) is 8.05. The monoisotopic (exact) mass is 276 g/mol. The van der Waals surface area contributed by atoms with E-state index in [9.17, 15) is 0 Å².